The summed E-state index contributed by atoms with van der Waals surface area (Å²) in [6.45, 7) is 4.10. The Kier molecular flexibility index (Phi) is 3.76. The van der Waals surface area contributed by atoms with Crippen molar-refractivity contribution >= 4 is 29.2 Å². The molecule has 66 valence electrons. The van der Waals surface area contributed by atoms with Crippen LogP contribution in [0, 0.1) is 6.92 Å². The van der Waals surface area contributed by atoms with Crippen LogP contribution >= 0.6 is 23.5 Å². The predicted octanol–water partition coefficient (Wildman–Crippen LogP) is 3.73. The first-order valence-corrected chi connectivity index (χ1v) is 5.24. The Labute approximate surface area is 82.6 Å². The maximum Gasteiger partial charge on any atom is 0.0456 e. The minimum absolute atomic E-state index is 0.816. The van der Waals surface area contributed by atoms with E-state index in [4.69, 9.17) is 11.6 Å². The number of hydrogen-bond donors (Lipinski definition) is 1. The number of hydrogen-bond acceptors (Lipinski definition) is 2. The molecule has 0 heterocycles. The van der Waals surface area contributed by atoms with Crippen LogP contribution in [0.1, 0.15) is 12.5 Å². The fourth-order valence-corrected chi connectivity index (χ4v) is 1.43. The highest BCUT2D eigenvalue weighted by Gasteiger charge is 1.96. The molecule has 0 amide bonds. The van der Waals surface area contributed by atoms with E-state index in [0.29, 0.717) is 0 Å². The van der Waals surface area contributed by atoms with Gasteiger partial charge in [0.2, 0.25) is 0 Å². The minimum Gasteiger partial charge on any atom is -0.330 e. The van der Waals surface area contributed by atoms with Crippen molar-refractivity contribution in [1.82, 2.24) is 0 Å². The summed E-state index contributed by atoms with van der Waals surface area (Å²) in [5, 5.41) is 0.816. The molecular weight excluding hydrogens is 190 g/mol. The number of benzene rings is 1. The lowest BCUT2D eigenvalue weighted by Gasteiger charge is -2.04. The van der Waals surface area contributed by atoms with Crippen LogP contribution in [0.2, 0.25) is 5.02 Å². The molecule has 0 aliphatic rings. The maximum atomic E-state index is 5.94. The summed E-state index contributed by atoms with van der Waals surface area (Å²) in [4.78, 5) is 0. The maximum absolute atomic E-state index is 5.94. The van der Waals surface area contributed by atoms with Gasteiger partial charge in [-0.1, -0.05) is 36.5 Å². The van der Waals surface area contributed by atoms with Crippen LogP contribution in [0.5, 0.6) is 0 Å². The third-order valence-corrected chi connectivity index (χ3v) is 2.58. The van der Waals surface area contributed by atoms with E-state index in [1.165, 1.54) is 0 Å². The van der Waals surface area contributed by atoms with Crippen molar-refractivity contribution in [1.29, 1.82) is 0 Å². The molecule has 0 bridgehead atoms. The molecule has 12 heavy (non-hydrogen) atoms. The summed E-state index contributed by atoms with van der Waals surface area (Å²) < 4.78 is 3.19. The van der Waals surface area contributed by atoms with Gasteiger partial charge in [0.05, 0.1) is 0 Å². The molecule has 1 rings (SSSR count). The van der Waals surface area contributed by atoms with Gasteiger partial charge in [-0.05, 0) is 24.6 Å². The largest absolute Gasteiger partial charge is 0.330 e. The van der Waals surface area contributed by atoms with Crippen LogP contribution in [-0.2, 0) is 0 Å². The van der Waals surface area contributed by atoms with Crippen molar-refractivity contribution in [3.05, 3.63) is 28.8 Å². The first-order chi connectivity index (χ1) is 5.74. The Balaban J connectivity index is 2.69. The zero-order chi connectivity index (χ0) is 8.97. The quantitative estimate of drug-likeness (QED) is 0.748. The summed E-state index contributed by atoms with van der Waals surface area (Å²) >= 11 is 7.61. The van der Waals surface area contributed by atoms with Gasteiger partial charge in [-0.25, -0.2) is 0 Å². The van der Waals surface area contributed by atoms with Crippen molar-refractivity contribution in [2.24, 2.45) is 0 Å². The summed E-state index contributed by atoms with van der Waals surface area (Å²) in [5.74, 6) is 1.05. The molecule has 0 unspecified atom stereocenters. The molecule has 0 spiro atoms. The zero-order valence-corrected chi connectivity index (χ0v) is 8.80. The van der Waals surface area contributed by atoms with Crippen molar-refractivity contribution < 1.29 is 0 Å². The molecule has 0 fully saturated rings. The molecule has 0 aliphatic carbocycles. The SMILES string of the molecule is CCSNc1ccc(C)c(Cl)c1. The van der Waals surface area contributed by atoms with Crippen LogP contribution in [0.4, 0.5) is 5.69 Å². The number of anilines is 1. The third-order valence-electron chi connectivity index (χ3n) is 1.51. The van der Waals surface area contributed by atoms with Gasteiger partial charge in [0.15, 0.2) is 0 Å². The van der Waals surface area contributed by atoms with Crippen molar-refractivity contribution in [2.75, 3.05) is 10.5 Å². The highest BCUT2D eigenvalue weighted by atomic mass is 35.5. The number of rotatable bonds is 3. The number of halogens is 1. The van der Waals surface area contributed by atoms with Crippen LogP contribution < -0.4 is 4.72 Å². The predicted molar refractivity (Wildman–Crippen MR) is 57.9 cm³/mol. The first kappa shape index (κ1) is 9.75. The van der Waals surface area contributed by atoms with E-state index in [1.807, 2.05) is 25.1 Å². The van der Waals surface area contributed by atoms with E-state index in [9.17, 15) is 0 Å². The molecular formula is C9H12ClNS. The molecule has 1 N–H and O–H groups in total. The van der Waals surface area contributed by atoms with E-state index in [1.54, 1.807) is 11.9 Å². The first-order valence-electron chi connectivity index (χ1n) is 3.88. The van der Waals surface area contributed by atoms with Crippen LogP contribution in [0.3, 0.4) is 0 Å². The van der Waals surface area contributed by atoms with Crippen molar-refractivity contribution in [3.8, 4) is 0 Å². The minimum atomic E-state index is 0.816. The lowest BCUT2D eigenvalue weighted by atomic mass is 10.2. The molecule has 3 heteroatoms. The van der Waals surface area contributed by atoms with Crippen LogP contribution in [0.15, 0.2) is 18.2 Å². The molecule has 0 aromatic heterocycles. The van der Waals surface area contributed by atoms with Crippen LogP contribution in [-0.4, -0.2) is 5.75 Å². The van der Waals surface area contributed by atoms with Gasteiger partial charge in [-0.15, -0.1) is 0 Å². The van der Waals surface area contributed by atoms with Gasteiger partial charge >= 0.3 is 0 Å². The average Bonchev–Trinajstić information content (AvgIpc) is 2.07. The lowest BCUT2D eigenvalue weighted by Crippen LogP contribution is -1.87. The molecule has 0 atom stereocenters. The Hall–Kier alpha value is -0.340. The Bertz CT molecular complexity index is 263. The highest BCUT2D eigenvalue weighted by molar-refractivity contribution is 8.00. The second kappa shape index (κ2) is 4.63. The number of nitrogens with one attached hydrogen (secondary N) is 1. The Morgan fingerprint density at radius 3 is 2.83 bits per heavy atom. The van der Waals surface area contributed by atoms with Gasteiger partial charge in [-0.2, -0.15) is 0 Å². The summed E-state index contributed by atoms with van der Waals surface area (Å²) in [6.07, 6.45) is 0. The average molecular weight is 202 g/mol. The smallest absolute Gasteiger partial charge is 0.0456 e. The molecule has 0 aliphatic heterocycles. The van der Waals surface area contributed by atoms with E-state index in [2.05, 4.69) is 11.6 Å². The summed E-state index contributed by atoms with van der Waals surface area (Å²) in [5.41, 5.74) is 2.18. The fraction of sp³-hybridized carbons (Fsp3) is 0.333. The Morgan fingerprint density at radius 2 is 2.25 bits per heavy atom. The van der Waals surface area contributed by atoms with Gasteiger partial charge < -0.3 is 4.72 Å². The third kappa shape index (κ3) is 2.61. The van der Waals surface area contributed by atoms with E-state index in [-0.39, 0.29) is 0 Å². The lowest BCUT2D eigenvalue weighted by molar-refractivity contribution is 1.47. The molecule has 1 nitrogen and oxygen atoms in total. The zero-order valence-electron chi connectivity index (χ0n) is 7.23. The Morgan fingerprint density at radius 1 is 1.50 bits per heavy atom. The molecule has 0 saturated carbocycles. The molecule has 1 aromatic carbocycles. The summed E-state index contributed by atoms with van der Waals surface area (Å²) in [7, 11) is 0. The van der Waals surface area contributed by atoms with E-state index >= 15 is 0 Å². The molecule has 1 aromatic rings. The van der Waals surface area contributed by atoms with Crippen molar-refractivity contribution in [3.63, 3.8) is 0 Å². The van der Waals surface area contributed by atoms with Crippen molar-refractivity contribution in [2.45, 2.75) is 13.8 Å². The van der Waals surface area contributed by atoms with Crippen LogP contribution in [0.25, 0.3) is 0 Å². The van der Waals surface area contributed by atoms with Gasteiger partial charge in [0.1, 0.15) is 0 Å². The normalized spacial score (nSPS) is 9.92. The van der Waals surface area contributed by atoms with Gasteiger partial charge in [-0.3, -0.25) is 0 Å². The van der Waals surface area contributed by atoms with Gasteiger partial charge in [0.25, 0.3) is 0 Å². The number of aryl methyl sites for hydroxylation is 1. The second-order valence-electron chi connectivity index (χ2n) is 2.50. The highest BCUT2D eigenvalue weighted by Crippen LogP contribution is 2.21. The standard InChI is InChI=1S/C9H12ClNS/c1-3-12-11-8-5-4-7(2)9(10)6-8/h4-6,11H,3H2,1-2H3. The van der Waals surface area contributed by atoms with Gasteiger partial charge in [0, 0.05) is 16.5 Å². The molecule has 0 saturated heterocycles. The second-order valence-corrected chi connectivity index (χ2v) is 3.98. The molecule has 0 radical (unpaired) electrons. The summed E-state index contributed by atoms with van der Waals surface area (Å²) in [6, 6.07) is 5.99. The van der Waals surface area contributed by atoms with E-state index in [0.717, 1.165) is 22.0 Å². The fourth-order valence-electron chi connectivity index (χ4n) is 0.812. The monoisotopic (exact) mass is 201 g/mol. The van der Waals surface area contributed by atoms with E-state index < -0.39 is 0 Å². The topological polar surface area (TPSA) is 12.0 Å².